The minimum Gasteiger partial charge on any atom is -0.279 e. The third-order valence-electron chi connectivity index (χ3n) is 2.48. The Morgan fingerprint density at radius 3 is 2.92 bits per heavy atom. The highest BCUT2D eigenvalue weighted by Gasteiger charge is 2.13. The first-order chi connectivity index (χ1) is 6.42. The Kier molecular flexibility index (Phi) is 2.18. The number of anilines is 1. The smallest absolute Gasteiger partial charge is 0.184 e. The highest BCUT2D eigenvalue weighted by Crippen LogP contribution is 2.24. The van der Waals surface area contributed by atoms with Crippen LogP contribution in [0.3, 0.4) is 0 Å². The fourth-order valence-electron chi connectivity index (χ4n) is 1.80. The highest BCUT2D eigenvalue weighted by atomic mass is 15.1. The summed E-state index contributed by atoms with van der Waals surface area (Å²) in [5.74, 6) is 0. The van der Waals surface area contributed by atoms with Gasteiger partial charge < -0.3 is 0 Å². The largest absolute Gasteiger partial charge is 0.279 e. The maximum Gasteiger partial charge on any atom is 0.184 e. The van der Waals surface area contributed by atoms with Crippen molar-refractivity contribution in [2.75, 3.05) is 11.4 Å². The van der Waals surface area contributed by atoms with E-state index in [0.717, 1.165) is 25.1 Å². The average Bonchev–Trinajstić information content (AvgIpc) is 2.39. The predicted octanol–water partition coefficient (Wildman–Crippen LogP) is 2.31. The molecule has 1 aromatic rings. The zero-order chi connectivity index (χ0) is 9.10. The molecule has 0 spiro atoms. The van der Waals surface area contributed by atoms with Crippen LogP contribution in [0.2, 0.25) is 0 Å². The van der Waals surface area contributed by atoms with Gasteiger partial charge in [-0.1, -0.05) is 18.2 Å². The van der Waals surface area contributed by atoms with Crippen LogP contribution in [0.15, 0.2) is 24.3 Å². The molecule has 13 heavy (non-hydrogen) atoms. The van der Waals surface area contributed by atoms with E-state index >= 15 is 0 Å². The van der Waals surface area contributed by atoms with Crippen LogP contribution in [0.5, 0.6) is 0 Å². The summed E-state index contributed by atoms with van der Waals surface area (Å²) < 4.78 is 0. The molecule has 0 saturated heterocycles. The molecule has 0 fully saturated rings. The van der Waals surface area contributed by atoms with E-state index in [1.807, 2.05) is 18.2 Å². The van der Waals surface area contributed by atoms with Crippen molar-refractivity contribution in [3.63, 3.8) is 0 Å². The van der Waals surface area contributed by atoms with Crippen molar-refractivity contribution in [2.45, 2.75) is 19.3 Å². The van der Waals surface area contributed by atoms with Crippen molar-refractivity contribution < 1.29 is 0 Å². The minimum absolute atomic E-state index is 0.869. The Labute approximate surface area is 78.4 Å². The molecule has 1 aliphatic rings. The van der Waals surface area contributed by atoms with Crippen LogP contribution in [-0.2, 0) is 6.42 Å². The number of benzene rings is 1. The molecule has 0 amide bonds. The molecule has 0 radical (unpaired) electrons. The summed E-state index contributed by atoms with van der Waals surface area (Å²) in [6.07, 6.45) is 5.64. The first-order valence-corrected chi connectivity index (χ1v) is 4.67. The summed E-state index contributed by atoms with van der Waals surface area (Å²) in [7, 11) is 0. The molecule has 0 aliphatic carbocycles. The quantitative estimate of drug-likeness (QED) is 0.561. The van der Waals surface area contributed by atoms with Crippen molar-refractivity contribution in [3.05, 3.63) is 29.8 Å². The third-order valence-corrected chi connectivity index (χ3v) is 2.48. The number of hydrogen-bond donors (Lipinski definition) is 0. The third kappa shape index (κ3) is 1.50. The highest BCUT2D eigenvalue weighted by molar-refractivity contribution is 5.57. The zero-order valence-electron chi connectivity index (χ0n) is 7.53. The van der Waals surface area contributed by atoms with E-state index in [4.69, 9.17) is 5.26 Å². The first-order valence-electron chi connectivity index (χ1n) is 4.67. The molecule has 0 bridgehead atoms. The van der Waals surface area contributed by atoms with Gasteiger partial charge in [-0.05, 0) is 30.9 Å². The second kappa shape index (κ2) is 3.49. The molecule has 2 nitrogen and oxygen atoms in total. The monoisotopic (exact) mass is 172 g/mol. The Morgan fingerprint density at radius 2 is 2.08 bits per heavy atom. The second-order valence-electron chi connectivity index (χ2n) is 3.34. The lowest BCUT2D eigenvalue weighted by molar-refractivity contribution is 0.762. The topological polar surface area (TPSA) is 27.0 Å². The van der Waals surface area contributed by atoms with Gasteiger partial charge in [-0.2, -0.15) is 5.26 Å². The zero-order valence-corrected chi connectivity index (χ0v) is 7.53. The number of aryl methyl sites for hydroxylation is 1. The van der Waals surface area contributed by atoms with Gasteiger partial charge in [-0.25, -0.2) is 0 Å². The van der Waals surface area contributed by atoms with E-state index < -0.39 is 0 Å². The fourth-order valence-corrected chi connectivity index (χ4v) is 1.80. The lowest BCUT2D eigenvalue weighted by Crippen LogP contribution is -2.16. The van der Waals surface area contributed by atoms with Gasteiger partial charge in [-0.3, -0.25) is 4.90 Å². The summed E-state index contributed by atoms with van der Waals surface area (Å²) in [4.78, 5) is 1.79. The average molecular weight is 172 g/mol. The molecule has 0 atom stereocenters. The van der Waals surface area contributed by atoms with E-state index in [9.17, 15) is 0 Å². The number of para-hydroxylation sites is 1. The van der Waals surface area contributed by atoms with Crippen LogP contribution < -0.4 is 4.90 Å². The maximum atomic E-state index is 8.94. The molecule has 0 N–H and O–H groups in total. The lowest BCUT2D eigenvalue weighted by Gasteiger charge is -2.14. The van der Waals surface area contributed by atoms with Gasteiger partial charge in [0.05, 0.1) is 5.69 Å². The van der Waals surface area contributed by atoms with Gasteiger partial charge in [0.2, 0.25) is 0 Å². The molecular weight excluding hydrogens is 160 g/mol. The first kappa shape index (κ1) is 8.12. The van der Waals surface area contributed by atoms with Crippen molar-refractivity contribution in [1.29, 1.82) is 5.26 Å². The SMILES string of the molecule is N#CN1CCCCc2ccccc21. The van der Waals surface area contributed by atoms with Crippen LogP contribution >= 0.6 is 0 Å². The van der Waals surface area contributed by atoms with Gasteiger partial charge in [0.15, 0.2) is 6.19 Å². The summed E-state index contributed by atoms with van der Waals surface area (Å²) in [6, 6.07) is 8.18. The maximum absolute atomic E-state index is 8.94. The molecular formula is C11H12N2. The predicted molar refractivity (Wildman–Crippen MR) is 52.3 cm³/mol. The number of nitriles is 1. The molecule has 2 rings (SSSR count). The van der Waals surface area contributed by atoms with Gasteiger partial charge in [0.25, 0.3) is 0 Å². The molecule has 0 saturated carbocycles. The van der Waals surface area contributed by atoms with Gasteiger partial charge >= 0.3 is 0 Å². The fraction of sp³-hybridized carbons (Fsp3) is 0.364. The van der Waals surface area contributed by atoms with Gasteiger partial charge in [0, 0.05) is 6.54 Å². The Bertz CT molecular complexity index is 338. The summed E-state index contributed by atoms with van der Waals surface area (Å²) in [5, 5.41) is 8.94. The molecule has 66 valence electrons. The molecule has 2 heteroatoms. The molecule has 0 aromatic heterocycles. The van der Waals surface area contributed by atoms with Crippen LogP contribution in [-0.4, -0.2) is 6.54 Å². The van der Waals surface area contributed by atoms with E-state index in [-0.39, 0.29) is 0 Å². The van der Waals surface area contributed by atoms with E-state index in [1.165, 1.54) is 12.0 Å². The number of fused-ring (bicyclic) bond motifs is 1. The van der Waals surface area contributed by atoms with Crippen LogP contribution in [0.25, 0.3) is 0 Å². The van der Waals surface area contributed by atoms with E-state index in [0.29, 0.717) is 0 Å². The summed E-state index contributed by atoms with van der Waals surface area (Å²) in [5.41, 5.74) is 2.41. The van der Waals surface area contributed by atoms with Crippen molar-refractivity contribution in [3.8, 4) is 6.19 Å². The summed E-state index contributed by atoms with van der Waals surface area (Å²) >= 11 is 0. The van der Waals surface area contributed by atoms with Crippen molar-refractivity contribution in [1.82, 2.24) is 0 Å². The molecule has 0 unspecified atom stereocenters. The summed E-state index contributed by atoms with van der Waals surface area (Å²) in [6.45, 7) is 0.869. The standard InChI is InChI=1S/C11H12N2/c12-9-13-8-4-3-6-10-5-1-2-7-11(10)13/h1-2,5,7H,3-4,6,8H2. The molecule has 1 aromatic carbocycles. The van der Waals surface area contributed by atoms with Gasteiger partial charge in [-0.15, -0.1) is 0 Å². The number of hydrogen-bond acceptors (Lipinski definition) is 2. The van der Waals surface area contributed by atoms with Crippen LogP contribution in [0.1, 0.15) is 18.4 Å². The van der Waals surface area contributed by atoms with Crippen molar-refractivity contribution >= 4 is 5.69 Å². The van der Waals surface area contributed by atoms with E-state index in [1.54, 1.807) is 4.90 Å². The Hall–Kier alpha value is -1.49. The van der Waals surface area contributed by atoms with Crippen LogP contribution in [0.4, 0.5) is 5.69 Å². The normalized spacial score (nSPS) is 15.8. The number of nitrogens with zero attached hydrogens (tertiary/aromatic N) is 2. The minimum atomic E-state index is 0.869. The van der Waals surface area contributed by atoms with E-state index in [2.05, 4.69) is 12.3 Å². The second-order valence-corrected chi connectivity index (χ2v) is 3.34. The van der Waals surface area contributed by atoms with Gasteiger partial charge in [0.1, 0.15) is 0 Å². The lowest BCUT2D eigenvalue weighted by atomic mass is 10.1. The van der Waals surface area contributed by atoms with Crippen LogP contribution in [0, 0.1) is 11.5 Å². The number of rotatable bonds is 0. The molecule has 1 aliphatic heterocycles. The Morgan fingerprint density at radius 1 is 1.23 bits per heavy atom. The van der Waals surface area contributed by atoms with Crippen molar-refractivity contribution in [2.24, 2.45) is 0 Å². The molecule has 1 heterocycles. The Balaban J connectivity index is 2.43.